The van der Waals surface area contributed by atoms with Crippen molar-refractivity contribution in [3.63, 3.8) is 0 Å². The van der Waals surface area contributed by atoms with Crippen LogP contribution in [0.4, 0.5) is 0 Å². The normalized spacial score (nSPS) is 15.6. The van der Waals surface area contributed by atoms with Crippen molar-refractivity contribution in [1.29, 1.82) is 0 Å². The summed E-state index contributed by atoms with van der Waals surface area (Å²) in [4.78, 5) is 10.9. The van der Waals surface area contributed by atoms with E-state index in [9.17, 15) is 4.79 Å². The summed E-state index contributed by atoms with van der Waals surface area (Å²) in [6.45, 7) is 4.03. The number of carbonyl (C=O) groups excluding carboxylic acids is 1. The second-order valence-electron chi connectivity index (χ2n) is 3.15. The van der Waals surface area contributed by atoms with Crippen molar-refractivity contribution in [2.75, 3.05) is 6.61 Å². The topological polar surface area (TPSA) is 63.3 Å². The van der Waals surface area contributed by atoms with Gasteiger partial charge in [-0.2, -0.15) is 0 Å². The molecule has 0 spiro atoms. The van der Waals surface area contributed by atoms with Gasteiger partial charge in [-0.25, -0.2) is 0 Å². The number of aliphatic hydroxyl groups excluding tert-OH is 1. The molecule has 0 rings (SSSR count). The molecule has 0 aromatic heterocycles. The zero-order valence-electron chi connectivity index (χ0n) is 7.92. The minimum atomic E-state index is -0.287. The van der Waals surface area contributed by atoms with E-state index in [1.807, 2.05) is 13.8 Å². The molecule has 0 saturated carbocycles. The van der Waals surface area contributed by atoms with Crippen LogP contribution in [0.15, 0.2) is 0 Å². The lowest BCUT2D eigenvalue weighted by atomic mass is 9.87. The lowest BCUT2D eigenvalue weighted by Gasteiger charge is -2.20. The lowest BCUT2D eigenvalue weighted by molar-refractivity contribution is -0.124. The van der Waals surface area contributed by atoms with E-state index in [4.69, 9.17) is 10.8 Å². The summed E-state index contributed by atoms with van der Waals surface area (Å²) in [5, 5.41) is 9.00. The molecule has 0 aromatic rings. The van der Waals surface area contributed by atoms with Gasteiger partial charge in [0.1, 0.15) is 0 Å². The number of hydrogen-bond donors (Lipinski definition) is 2. The standard InChI is InChI=1S/C9H19NO2/c1-3-5-7(6-11)8(4-2)9(10)12/h7-8,11H,3-6H2,1-2H3,(H2,10,12). The van der Waals surface area contributed by atoms with Gasteiger partial charge in [0.25, 0.3) is 0 Å². The number of aliphatic hydroxyl groups is 1. The van der Waals surface area contributed by atoms with E-state index in [0.717, 1.165) is 19.3 Å². The Balaban J connectivity index is 4.12. The molecule has 0 saturated heterocycles. The van der Waals surface area contributed by atoms with Crippen LogP contribution in [0, 0.1) is 11.8 Å². The Morgan fingerprint density at radius 3 is 2.33 bits per heavy atom. The molecule has 3 heteroatoms. The van der Waals surface area contributed by atoms with Gasteiger partial charge in [-0.3, -0.25) is 4.79 Å². The average molecular weight is 173 g/mol. The molecule has 0 bridgehead atoms. The Hall–Kier alpha value is -0.570. The fourth-order valence-corrected chi connectivity index (χ4v) is 1.56. The molecule has 0 heterocycles. The predicted molar refractivity (Wildman–Crippen MR) is 48.5 cm³/mol. The SMILES string of the molecule is CCCC(CO)C(CC)C(N)=O. The fourth-order valence-electron chi connectivity index (χ4n) is 1.56. The van der Waals surface area contributed by atoms with E-state index in [1.165, 1.54) is 0 Å². The Bertz CT molecular complexity index is 136. The first-order chi connectivity index (χ1) is 5.67. The van der Waals surface area contributed by atoms with Gasteiger partial charge in [0.15, 0.2) is 0 Å². The van der Waals surface area contributed by atoms with Gasteiger partial charge in [-0.1, -0.05) is 20.3 Å². The zero-order chi connectivity index (χ0) is 9.56. The van der Waals surface area contributed by atoms with E-state index in [0.29, 0.717) is 0 Å². The van der Waals surface area contributed by atoms with Crippen molar-refractivity contribution in [2.45, 2.75) is 33.1 Å². The van der Waals surface area contributed by atoms with Gasteiger partial charge in [-0.05, 0) is 18.8 Å². The highest BCUT2D eigenvalue weighted by molar-refractivity contribution is 5.76. The maximum Gasteiger partial charge on any atom is 0.220 e. The summed E-state index contributed by atoms with van der Waals surface area (Å²) < 4.78 is 0. The van der Waals surface area contributed by atoms with Gasteiger partial charge in [0, 0.05) is 12.5 Å². The summed E-state index contributed by atoms with van der Waals surface area (Å²) in [6.07, 6.45) is 2.58. The maximum absolute atomic E-state index is 10.9. The predicted octanol–water partition coefficient (Wildman–Crippen LogP) is 0.907. The van der Waals surface area contributed by atoms with E-state index in [-0.39, 0.29) is 24.3 Å². The third kappa shape index (κ3) is 3.22. The molecule has 2 unspecified atom stereocenters. The highest BCUT2D eigenvalue weighted by Crippen LogP contribution is 2.19. The number of amides is 1. The first kappa shape index (κ1) is 11.4. The van der Waals surface area contributed by atoms with Crippen molar-refractivity contribution in [3.8, 4) is 0 Å². The number of carbonyl (C=O) groups is 1. The van der Waals surface area contributed by atoms with Crippen LogP contribution in [-0.4, -0.2) is 17.6 Å². The molecule has 1 amide bonds. The van der Waals surface area contributed by atoms with E-state index >= 15 is 0 Å². The zero-order valence-corrected chi connectivity index (χ0v) is 7.92. The molecule has 0 fully saturated rings. The fraction of sp³-hybridized carbons (Fsp3) is 0.889. The third-order valence-electron chi connectivity index (χ3n) is 2.27. The van der Waals surface area contributed by atoms with Crippen molar-refractivity contribution in [3.05, 3.63) is 0 Å². The van der Waals surface area contributed by atoms with E-state index in [1.54, 1.807) is 0 Å². The van der Waals surface area contributed by atoms with E-state index in [2.05, 4.69) is 0 Å². The van der Waals surface area contributed by atoms with Crippen molar-refractivity contribution >= 4 is 5.91 Å². The highest BCUT2D eigenvalue weighted by atomic mass is 16.3. The van der Waals surface area contributed by atoms with Crippen LogP contribution in [0.5, 0.6) is 0 Å². The van der Waals surface area contributed by atoms with Crippen LogP contribution in [0.2, 0.25) is 0 Å². The van der Waals surface area contributed by atoms with Crippen molar-refractivity contribution in [1.82, 2.24) is 0 Å². The lowest BCUT2D eigenvalue weighted by Crippen LogP contribution is -2.31. The van der Waals surface area contributed by atoms with Crippen LogP contribution in [0.25, 0.3) is 0 Å². The van der Waals surface area contributed by atoms with Gasteiger partial charge in [-0.15, -0.1) is 0 Å². The maximum atomic E-state index is 10.9. The van der Waals surface area contributed by atoms with Gasteiger partial charge >= 0.3 is 0 Å². The molecule has 0 aliphatic carbocycles. The monoisotopic (exact) mass is 173 g/mol. The molecule has 3 N–H and O–H groups in total. The average Bonchev–Trinajstić information content (AvgIpc) is 2.03. The quantitative estimate of drug-likeness (QED) is 0.627. The van der Waals surface area contributed by atoms with Crippen LogP contribution in [-0.2, 0) is 4.79 Å². The summed E-state index contributed by atoms with van der Waals surface area (Å²) in [6, 6.07) is 0. The molecular formula is C9H19NO2. The van der Waals surface area contributed by atoms with Crippen LogP contribution in [0.3, 0.4) is 0 Å². The molecule has 12 heavy (non-hydrogen) atoms. The molecule has 72 valence electrons. The summed E-state index contributed by atoms with van der Waals surface area (Å²) >= 11 is 0. The Morgan fingerprint density at radius 2 is 2.08 bits per heavy atom. The second-order valence-corrected chi connectivity index (χ2v) is 3.15. The number of nitrogens with two attached hydrogens (primary N) is 1. The van der Waals surface area contributed by atoms with Gasteiger partial charge in [0.2, 0.25) is 5.91 Å². The molecule has 0 aromatic carbocycles. The van der Waals surface area contributed by atoms with Crippen LogP contribution < -0.4 is 5.73 Å². The summed E-state index contributed by atoms with van der Waals surface area (Å²) in [5.41, 5.74) is 5.20. The molecule has 0 aliphatic heterocycles. The Labute approximate surface area is 74.0 Å². The minimum absolute atomic E-state index is 0.0532. The summed E-state index contributed by atoms with van der Waals surface area (Å²) in [7, 11) is 0. The highest BCUT2D eigenvalue weighted by Gasteiger charge is 2.22. The molecule has 2 atom stereocenters. The minimum Gasteiger partial charge on any atom is -0.396 e. The van der Waals surface area contributed by atoms with E-state index < -0.39 is 0 Å². The first-order valence-corrected chi connectivity index (χ1v) is 4.57. The molecule has 0 aliphatic rings. The smallest absolute Gasteiger partial charge is 0.220 e. The van der Waals surface area contributed by atoms with Crippen molar-refractivity contribution < 1.29 is 9.90 Å². The van der Waals surface area contributed by atoms with Gasteiger partial charge < -0.3 is 10.8 Å². The summed E-state index contributed by atoms with van der Waals surface area (Å²) in [5.74, 6) is -0.391. The van der Waals surface area contributed by atoms with Gasteiger partial charge in [0.05, 0.1) is 0 Å². The number of rotatable bonds is 6. The second kappa shape index (κ2) is 6.00. The van der Waals surface area contributed by atoms with Crippen LogP contribution in [0.1, 0.15) is 33.1 Å². The number of hydrogen-bond acceptors (Lipinski definition) is 2. The third-order valence-corrected chi connectivity index (χ3v) is 2.27. The Morgan fingerprint density at radius 1 is 1.50 bits per heavy atom. The van der Waals surface area contributed by atoms with Crippen LogP contribution >= 0.6 is 0 Å². The molecular weight excluding hydrogens is 154 g/mol. The Kier molecular flexibility index (Phi) is 5.72. The number of primary amides is 1. The molecule has 3 nitrogen and oxygen atoms in total. The molecule has 0 radical (unpaired) electrons. The largest absolute Gasteiger partial charge is 0.396 e. The first-order valence-electron chi connectivity index (χ1n) is 4.57. The van der Waals surface area contributed by atoms with Crippen molar-refractivity contribution in [2.24, 2.45) is 17.6 Å².